The van der Waals surface area contributed by atoms with Crippen LogP contribution in [0.1, 0.15) is 19.4 Å². The fourth-order valence-corrected chi connectivity index (χ4v) is 1.76. The zero-order chi connectivity index (χ0) is 10.7. The highest BCUT2D eigenvalue weighted by Gasteiger charge is 2.03. The summed E-state index contributed by atoms with van der Waals surface area (Å²) < 4.78 is 0.944. The van der Waals surface area contributed by atoms with Gasteiger partial charge in [0.25, 0.3) is 0 Å². The Morgan fingerprint density at radius 3 is 2.57 bits per heavy atom. The summed E-state index contributed by atoms with van der Waals surface area (Å²) in [7, 11) is 0. The summed E-state index contributed by atoms with van der Waals surface area (Å²) >= 11 is 9.32. The van der Waals surface area contributed by atoms with Crippen LogP contribution < -0.4 is 0 Å². The molecule has 0 aliphatic rings. The zero-order valence-electron chi connectivity index (χ0n) is 8.49. The number of benzene rings is 1. The Bertz CT molecular complexity index is 434. The molecule has 0 aliphatic carbocycles. The Hall–Kier alpha value is -0.470. The minimum atomic E-state index is 0.740. The first-order chi connectivity index (χ1) is 6.68. The van der Waals surface area contributed by atoms with Crippen LogP contribution in [0.15, 0.2) is 22.8 Å². The average Bonchev–Trinajstić information content (AvgIpc) is 2.53. The van der Waals surface area contributed by atoms with Crippen molar-refractivity contribution in [2.45, 2.75) is 20.8 Å². The number of halogens is 2. The zero-order valence-corrected chi connectivity index (χ0v) is 10.8. The van der Waals surface area contributed by atoms with Crippen molar-refractivity contribution in [1.82, 2.24) is 4.98 Å². The molecular formula is C11H13BrClN. The summed E-state index contributed by atoms with van der Waals surface area (Å²) in [6, 6.07) is 3.96. The third-order valence-corrected chi connectivity index (χ3v) is 3.13. The number of rotatable bonds is 0. The monoisotopic (exact) mass is 273 g/mol. The van der Waals surface area contributed by atoms with E-state index in [0.717, 1.165) is 15.0 Å². The van der Waals surface area contributed by atoms with E-state index in [2.05, 4.69) is 27.8 Å². The van der Waals surface area contributed by atoms with E-state index in [9.17, 15) is 0 Å². The first-order valence-corrected chi connectivity index (χ1v) is 5.78. The van der Waals surface area contributed by atoms with Crippen LogP contribution in [0, 0.1) is 6.92 Å². The second-order valence-electron chi connectivity index (χ2n) is 2.78. The van der Waals surface area contributed by atoms with E-state index in [1.54, 1.807) is 0 Å². The lowest BCUT2D eigenvalue weighted by molar-refractivity contribution is 1.43. The number of H-pyrrole nitrogens is 1. The Labute approximate surface area is 97.6 Å². The van der Waals surface area contributed by atoms with Gasteiger partial charge in [-0.05, 0) is 40.5 Å². The topological polar surface area (TPSA) is 15.8 Å². The summed E-state index contributed by atoms with van der Waals surface area (Å²) in [5.41, 5.74) is 2.32. The van der Waals surface area contributed by atoms with Crippen LogP contribution in [0.5, 0.6) is 0 Å². The van der Waals surface area contributed by atoms with Crippen LogP contribution in [-0.2, 0) is 0 Å². The molecule has 0 atom stereocenters. The van der Waals surface area contributed by atoms with Crippen molar-refractivity contribution in [3.8, 4) is 0 Å². The highest BCUT2D eigenvalue weighted by Crippen LogP contribution is 2.29. The molecule has 1 nitrogen and oxygen atoms in total. The maximum atomic E-state index is 5.93. The SMILES string of the molecule is CC.Cc1c[nH]c2cc(Cl)c(Br)cc12. The van der Waals surface area contributed by atoms with Crippen molar-refractivity contribution in [3.63, 3.8) is 0 Å². The quantitative estimate of drug-likeness (QED) is 0.702. The predicted molar refractivity (Wildman–Crippen MR) is 67.1 cm³/mol. The van der Waals surface area contributed by atoms with Gasteiger partial charge in [-0.1, -0.05) is 25.4 Å². The van der Waals surface area contributed by atoms with E-state index >= 15 is 0 Å². The summed E-state index contributed by atoms with van der Waals surface area (Å²) in [6.07, 6.45) is 1.98. The number of aryl methyl sites for hydroxylation is 1. The van der Waals surface area contributed by atoms with Gasteiger partial charge in [0.15, 0.2) is 0 Å². The molecule has 1 heterocycles. The summed E-state index contributed by atoms with van der Waals surface area (Å²) in [5, 5.41) is 1.95. The van der Waals surface area contributed by atoms with Crippen molar-refractivity contribution < 1.29 is 0 Å². The van der Waals surface area contributed by atoms with Gasteiger partial charge in [0, 0.05) is 21.6 Å². The van der Waals surface area contributed by atoms with Gasteiger partial charge in [-0.25, -0.2) is 0 Å². The Morgan fingerprint density at radius 2 is 1.93 bits per heavy atom. The van der Waals surface area contributed by atoms with Crippen molar-refractivity contribution in [2.24, 2.45) is 0 Å². The molecule has 0 unspecified atom stereocenters. The first kappa shape index (κ1) is 11.6. The number of aromatic nitrogens is 1. The van der Waals surface area contributed by atoms with Gasteiger partial charge in [0.05, 0.1) is 5.02 Å². The molecule has 2 rings (SSSR count). The van der Waals surface area contributed by atoms with Crippen molar-refractivity contribution in [3.05, 3.63) is 33.4 Å². The molecule has 0 spiro atoms. The Balaban J connectivity index is 0.000000461. The van der Waals surface area contributed by atoms with E-state index in [-0.39, 0.29) is 0 Å². The standard InChI is InChI=1S/C9H7BrClN.C2H6/c1-5-4-12-9-3-8(11)7(10)2-6(5)9;1-2/h2-4,12H,1H3;1-2H3. The van der Waals surface area contributed by atoms with Crippen LogP contribution in [0.3, 0.4) is 0 Å². The molecule has 1 aromatic carbocycles. The molecule has 0 amide bonds. The van der Waals surface area contributed by atoms with E-state index in [1.165, 1.54) is 10.9 Å². The van der Waals surface area contributed by atoms with Gasteiger partial charge in [-0.15, -0.1) is 0 Å². The number of aromatic amines is 1. The maximum Gasteiger partial charge on any atom is 0.0569 e. The molecule has 0 radical (unpaired) electrons. The smallest absolute Gasteiger partial charge is 0.0569 e. The van der Waals surface area contributed by atoms with Crippen molar-refractivity contribution in [2.75, 3.05) is 0 Å². The minimum absolute atomic E-state index is 0.740. The molecule has 0 saturated heterocycles. The van der Waals surface area contributed by atoms with Gasteiger partial charge >= 0.3 is 0 Å². The fraction of sp³-hybridized carbons (Fsp3) is 0.273. The summed E-state index contributed by atoms with van der Waals surface area (Å²) in [6.45, 7) is 6.07. The van der Waals surface area contributed by atoms with Crippen LogP contribution in [0.25, 0.3) is 10.9 Å². The molecular weight excluding hydrogens is 261 g/mol. The van der Waals surface area contributed by atoms with Crippen LogP contribution in [0.2, 0.25) is 5.02 Å². The lowest BCUT2D eigenvalue weighted by Crippen LogP contribution is -1.72. The normalized spacial score (nSPS) is 9.79. The molecule has 1 aromatic heterocycles. The molecule has 14 heavy (non-hydrogen) atoms. The Kier molecular flexibility index (Phi) is 4.02. The van der Waals surface area contributed by atoms with Crippen LogP contribution in [-0.4, -0.2) is 4.98 Å². The lowest BCUT2D eigenvalue weighted by atomic mass is 10.2. The van der Waals surface area contributed by atoms with E-state index in [0.29, 0.717) is 0 Å². The van der Waals surface area contributed by atoms with Crippen LogP contribution >= 0.6 is 27.5 Å². The number of nitrogens with one attached hydrogen (secondary N) is 1. The lowest BCUT2D eigenvalue weighted by Gasteiger charge is -1.96. The second kappa shape index (κ2) is 4.85. The molecule has 0 fully saturated rings. The summed E-state index contributed by atoms with van der Waals surface area (Å²) in [5.74, 6) is 0. The highest BCUT2D eigenvalue weighted by atomic mass is 79.9. The van der Waals surface area contributed by atoms with E-state index in [4.69, 9.17) is 11.6 Å². The highest BCUT2D eigenvalue weighted by molar-refractivity contribution is 9.10. The van der Waals surface area contributed by atoms with E-state index < -0.39 is 0 Å². The number of hydrogen-bond donors (Lipinski definition) is 1. The fourth-order valence-electron chi connectivity index (χ4n) is 1.26. The molecule has 0 aliphatic heterocycles. The van der Waals surface area contributed by atoms with Gasteiger partial charge in [0.2, 0.25) is 0 Å². The number of hydrogen-bond acceptors (Lipinski definition) is 0. The maximum absolute atomic E-state index is 5.93. The largest absolute Gasteiger partial charge is 0.361 e. The number of fused-ring (bicyclic) bond motifs is 1. The van der Waals surface area contributed by atoms with Gasteiger partial charge < -0.3 is 4.98 Å². The molecule has 1 N–H and O–H groups in total. The van der Waals surface area contributed by atoms with Gasteiger partial charge in [0.1, 0.15) is 0 Å². The van der Waals surface area contributed by atoms with Crippen LogP contribution in [0.4, 0.5) is 0 Å². The minimum Gasteiger partial charge on any atom is -0.361 e. The third kappa shape index (κ3) is 2.12. The van der Waals surface area contributed by atoms with E-state index in [1.807, 2.05) is 32.2 Å². The van der Waals surface area contributed by atoms with Gasteiger partial charge in [-0.2, -0.15) is 0 Å². The molecule has 2 aromatic rings. The van der Waals surface area contributed by atoms with Crippen molar-refractivity contribution in [1.29, 1.82) is 0 Å². The molecule has 0 bridgehead atoms. The predicted octanol–water partition coefficient (Wildman–Crippen LogP) is 4.92. The van der Waals surface area contributed by atoms with Crippen molar-refractivity contribution >= 4 is 38.4 Å². The first-order valence-electron chi connectivity index (χ1n) is 4.61. The average molecular weight is 275 g/mol. The third-order valence-electron chi connectivity index (χ3n) is 1.93. The second-order valence-corrected chi connectivity index (χ2v) is 4.05. The Morgan fingerprint density at radius 1 is 1.29 bits per heavy atom. The summed E-state index contributed by atoms with van der Waals surface area (Å²) in [4.78, 5) is 3.15. The molecule has 76 valence electrons. The van der Waals surface area contributed by atoms with Gasteiger partial charge in [-0.3, -0.25) is 0 Å². The molecule has 0 saturated carbocycles. The molecule has 3 heteroatoms.